The molecular weight excluding hydrogens is 247 g/mol. The van der Waals surface area contributed by atoms with Gasteiger partial charge in [-0.3, -0.25) is 0 Å². The van der Waals surface area contributed by atoms with Crippen molar-refractivity contribution in [1.82, 2.24) is 5.32 Å². The number of thioether (sulfide) groups is 1. The Hall–Kier alpha value is -0.680. The fraction of sp³-hybridized carbons (Fsp3) is 0.500. The zero-order valence-electron chi connectivity index (χ0n) is 9.84. The summed E-state index contributed by atoms with van der Waals surface area (Å²) in [6.45, 7) is 2.80. The molecule has 0 radical (unpaired) electrons. The molecule has 0 bridgehead atoms. The van der Waals surface area contributed by atoms with E-state index in [2.05, 4.69) is 5.32 Å². The highest BCUT2D eigenvalue weighted by Gasteiger charge is 2.30. The molecule has 0 heterocycles. The summed E-state index contributed by atoms with van der Waals surface area (Å²) in [6.07, 6.45) is -2.24. The normalized spacial score (nSPS) is 13.7. The first kappa shape index (κ1) is 14.4. The van der Waals surface area contributed by atoms with E-state index < -0.39 is 11.7 Å². The van der Waals surface area contributed by atoms with Crippen molar-refractivity contribution in [1.29, 1.82) is 0 Å². The first-order chi connectivity index (χ1) is 7.95. The van der Waals surface area contributed by atoms with Gasteiger partial charge in [0.05, 0.1) is 5.56 Å². The number of halogens is 3. The Labute approximate surface area is 104 Å². The van der Waals surface area contributed by atoms with Crippen LogP contribution in [0.3, 0.4) is 0 Å². The van der Waals surface area contributed by atoms with Crippen LogP contribution in [-0.4, -0.2) is 18.6 Å². The van der Waals surface area contributed by atoms with Crippen molar-refractivity contribution in [2.45, 2.75) is 19.1 Å². The third-order valence-corrected chi connectivity index (χ3v) is 3.11. The molecular formula is C12H16F3NS. The van der Waals surface area contributed by atoms with Gasteiger partial charge in [-0.25, -0.2) is 0 Å². The number of benzene rings is 1. The predicted molar refractivity (Wildman–Crippen MR) is 66.2 cm³/mol. The van der Waals surface area contributed by atoms with Gasteiger partial charge in [0.1, 0.15) is 0 Å². The summed E-state index contributed by atoms with van der Waals surface area (Å²) in [5.41, 5.74) is 0.275. The number of hydrogen-bond donors (Lipinski definition) is 1. The molecule has 1 N–H and O–H groups in total. The molecule has 1 rings (SSSR count). The SMILES string of the molecule is CSCCNC(C)c1ccc(C(F)(F)F)cc1. The zero-order chi connectivity index (χ0) is 12.9. The number of alkyl halides is 3. The Morgan fingerprint density at radius 2 is 1.82 bits per heavy atom. The minimum Gasteiger partial charge on any atom is -0.309 e. The fourth-order valence-electron chi connectivity index (χ4n) is 1.46. The van der Waals surface area contributed by atoms with Crippen LogP contribution in [0.15, 0.2) is 24.3 Å². The molecule has 1 aromatic rings. The van der Waals surface area contributed by atoms with E-state index in [0.717, 1.165) is 30.0 Å². The van der Waals surface area contributed by atoms with Crippen LogP contribution in [0.4, 0.5) is 13.2 Å². The Kier molecular flexibility index (Phi) is 5.33. The third kappa shape index (κ3) is 4.60. The lowest BCUT2D eigenvalue weighted by atomic mass is 10.1. The van der Waals surface area contributed by atoms with Crippen LogP contribution in [0.2, 0.25) is 0 Å². The van der Waals surface area contributed by atoms with Gasteiger partial charge in [0.25, 0.3) is 0 Å². The van der Waals surface area contributed by atoms with E-state index in [1.54, 1.807) is 11.8 Å². The lowest BCUT2D eigenvalue weighted by Crippen LogP contribution is -2.21. The molecule has 0 aromatic heterocycles. The lowest BCUT2D eigenvalue weighted by Gasteiger charge is -2.15. The molecule has 0 fully saturated rings. The van der Waals surface area contributed by atoms with E-state index in [0.29, 0.717) is 0 Å². The predicted octanol–water partition coefficient (Wildman–Crippen LogP) is 3.72. The largest absolute Gasteiger partial charge is 0.416 e. The van der Waals surface area contributed by atoms with E-state index >= 15 is 0 Å². The zero-order valence-corrected chi connectivity index (χ0v) is 10.7. The Bertz CT molecular complexity index is 335. The molecule has 17 heavy (non-hydrogen) atoms. The average Bonchev–Trinajstić information content (AvgIpc) is 2.28. The molecule has 1 unspecified atom stereocenters. The maximum Gasteiger partial charge on any atom is 0.416 e. The van der Waals surface area contributed by atoms with Crippen molar-refractivity contribution >= 4 is 11.8 Å². The van der Waals surface area contributed by atoms with Crippen molar-refractivity contribution < 1.29 is 13.2 Å². The summed E-state index contributed by atoms with van der Waals surface area (Å²) >= 11 is 1.73. The average molecular weight is 263 g/mol. The Morgan fingerprint density at radius 3 is 2.29 bits per heavy atom. The summed E-state index contributed by atoms with van der Waals surface area (Å²) in [4.78, 5) is 0. The molecule has 96 valence electrons. The van der Waals surface area contributed by atoms with Gasteiger partial charge in [0, 0.05) is 18.3 Å². The van der Waals surface area contributed by atoms with Crippen LogP contribution < -0.4 is 5.32 Å². The van der Waals surface area contributed by atoms with Gasteiger partial charge >= 0.3 is 6.18 Å². The van der Waals surface area contributed by atoms with E-state index in [4.69, 9.17) is 0 Å². The summed E-state index contributed by atoms with van der Waals surface area (Å²) in [5.74, 6) is 0.991. The first-order valence-corrected chi connectivity index (χ1v) is 6.74. The van der Waals surface area contributed by atoms with Crippen LogP contribution >= 0.6 is 11.8 Å². The quantitative estimate of drug-likeness (QED) is 0.813. The van der Waals surface area contributed by atoms with E-state index in [1.165, 1.54) is 12.1 Å². The van der Waals surface area contributed by atoms with Crippen LogP contribution in [0, 0.1) is 0 Å². The van der Waals surface area contributed by atoms with Crippen molar-refractivity contribution in [2.24, 2.45) is 0 Å². The molecule has 0 aliphatic carbocycles. The van der Waals surface area contributed by atoms with Crippen molar-refractivity contribution in [3.05, 3.63) is 35.4 Å². The highest BCUT2D eigenvalue weighted by molar-refractivity contribution is 7.98. The second-order valence-electron chi connectivity index (χ2n) is 3.79. The van der Waals surface area contributed by atoms with Gasteiger partial charge in [0.15, 0.2) is 0 Å². The standard InChI is InChI=1S/C12H16F3NS/c1-9(16-7-8-17-2)10-3-5-11(6-4-10)12(13,14)15/h3-6,9,16H,7-8H2,1-2H3. The van der Waals surface area contributed by atoms with Gasteiger partial charge < -0.3 is 5.32 Å². The minimum atomic E-state index is -4.26. The van der Waals surface area contributed by atoms with E-state index in [9.17, 15) is 13.2 Å². The van der Waals surface area contributed by atoms with E-state index in [-0.39, 0.29) is 6.04 Å². The van der Waals surface area contributed by atoms with E-state index in [1.807, 2.05) is 13.2 Å². The molecule has 0 aliphatic rings. The van der Waals surface area contributed by atoms with Crippen LogP contribution in [-0.2, 0) is 6.18 Å². The maximum atomic E-state index is 12.4. The number of nitrogens with one attached hydrogen (secondary N) is 1. The lowest BCUT2D eigenvalue weighted by molar-refractivity contribution is -0.137. The van der Waals surface area contributed by atoms with Gasteiger partial charge in [-0.05, 0) is 30.9 Å². The smallest absolute Gasteiger partial charge is 0.309 e. The topological polar surface area (TPSA) is 12.0 Å². The molecule has 1 atom stereocenters. The summed E-state index contributed by atoms with van der Waals surface area (Å²) < 4.78 is 37.1. The molecule has 0 saturated carbocycles. The van der Waals surface area contributed by atoms with Crippen LogP contribution in [0.25, 0.3) is 0 Å². The molecule has 1 aromatic carbocycles. The van der Waals surface area contributed by atoms with Gasteiger partial charge in [-0.1, -0.05) is 12.1 Å². The van der Waals surface area contributed by atoms with Crippen LogP contribution in [0.5, 0.6) is 0 Å². The molecule has 0 spiro atoms. The van der Waals surface area contributed by atoms with Crippen molar-refractivity contribution in [3.63, 3.8) is 0 Å². The minimum absolute atomic E-state index is 0.0735. The number of rotatable bonds is 5. The highest BCUT2D eigenvalue weighted by atomic mass is 32.2. The summed E-state index contributed by atoms with van der Waals surface area (Å²) in [7, 11) is 0. The molecule has 0 aliphatic heterocycles. The Morgan fingerprint density at radius 1 is 1.24 bits per heavy atom. The Balaban J connectivity index is 2.61. The van der Waals surface area contributed by atoms with Crippen LogP contribution in [0.1, 0.15) is 24.1 Å². The molecule has 0 saturated heterocycles. The maximum absolute atomic E-state index is 12.4. The summed E-state index contributed by atoms with van der Waals surface area (Å²) in [5, 5.41) is 3.26. The third-order valence-electron chi connectivity index (χ3n) is 2.49. The molecule has 1 nitrogen and oxygen atoms in total. The van der Waals surface area contributed by atoms with Gasteiger partial charge in [-0.15, -0.1) is 0 Å². The second kappa shape index (κ2) is 6.31. The molecule has 0 amide bonds. The summed E-state index contributed by atoms with van der Waals surface area (Å²) in [6, 6.07) is 5.38. The second-order valence-corrected chi connectivity index (χ2v) is 4.77. The number of hydrogen-bond acceptors (Lipinski definition) is 2. The highest BCUT2D eigenvalue weighted by Crippen LogP contribution is 2.29. The van der Waals surface area contributed by atoms with Gasteiger partial charge in [0.2, 0.25) is 0 Å². The van der Waals surface area contributed by atoms with Crippen molar-refractivity contribution in [3.8, 4) is 0 Å². The van der Waals surface area contributed by atoms with Crippen molar-refractivity contribution in [2.75, 3.05) is 18.6 Å². The fourth-order valence-corrected chi connectivity index (χ4v) is 1.78. The molecule has 5 heteroatoms. The monoisotopic (exact) mass is 263 g/mol. The first-order valence-electron chi connectivity index (χ1n) is 5.34. The van der Waals surface area contributed by atoms with Gasteiger partial charge in [-0.2, -0.15) is 24.9 Å².